The van der Waals surface area contributed by atoms with Crippen LogP contribution in [0.3, 0.4) is 0 Å². The number of nitrogens with zero attached hydrogens (tertiary/aromatic N) is 4. The number of nitrogens with one attached hydrogen (secondary N) is 1. The van der Waals surface area contributed by atoms with E-state index in [-0.39, 0.29) is 70.4 Å². The van der Waals surface area contributed by atoms with Gasteiger partial charge < -0.3 is 33.9 Å². The lowest BCUT2D eigenvalue weighted by Crippen LogP contribution is -2.45. The number of ether oxygens (including phenoxy) is 4. The van der Waals surface area contributed by atoms with Gasteiger partial charge in [-0.1, -0.05) is 47.5 Å². The molecule has 15 heteroatoms. The second-order valence-electron chi connectivity index (χ2n) is 15.0. The first-order chi connectivity index (χ1) is 29.0. The molecule has 0 unspecified atom stereocenters. The van der Waals surface area contributed by atoms with E-state index in [9.17, 15) is 15.2 Å². The van der Waals surface area contributed by atoms with Crippen molar-refractivity contribution in [2.24, 2.45) is 5.92 Å². The number of nitriles is 1. The second kappa shape index (κ2) is 17.2. The van der Waals surface area contributed by atoms with Crippen molar-refractivity contribution in [2.45, 2.75) is 69.9 Å². The lowest BCUT2D eigenvalue weighted by atomic mass is 9.93. The molecule has 60 heavy (non-hydrogen) atoms. The van der Waals surface area contributed by atoms with Crippen LogP contribution in [0.2, 0.25) is 10.0 Å². The molecular formula is C45H41Cl2F2N5O6. The average Bonchev–Trinajstić information content (AvgIpc) is 3.91. The number of aryl methyl sites for hydroxylation is 1. The number of likely N-dealkylation sites (tertiary alicyclic amines) is 1. The zero-order chi connectivity index (χ0) is 42.2. The molecule has 1 aliphatic heterocycles. The first-order valence-corrected chi connectivity index (χ1v) is 20.3. The summed E-state index contributed by atoms with van der Waals surface area (Å²) in [6, 6.07) is 18.1. The van der Waals surface area contributed by atoms with Gasteiger partial charge in [0.1, 0.15) is 17.4 Å². The molecular weight excluding hydrogens is 815 g/mol. The summed E-state index contributed by atoms with van der Waals surface area (Å²) in [5.41, 5.74) is 3.52. The molecule has 3 aromatic heterocycles. The average molecular weight is 857 g/mol. The maximum Gasteiger partial charge on any atom is 0.226 e. The van der Waals surface area contributed by atoms with Crippen molar-refractivity contribution < 1.29 is 37.6 Å². The van der Waals surface area contributed by atoms with E-state index < -0.39 is 42.5 Å². The molecule has 1 aliphatic carbocycles. The molecule has 2 aliphatic rings. The molecule has 2 fully saturated rings. The van der Waals surface area contributed by atoms with Gasteiger partial charge in [0.2, 0.25) is 11.8 Å². The Morgan fingerprint density at radius 3 is 2.57 bits per heavy atom. The summed E-state index contributed by atoms with van der Waals surface area (Å²) in [7, 11) is 3.00. The van der Waals surface area contributed by atoms with E-state index in [0.29, 0.717) is 57.4 Å². The molecule has 6 aromatic rings. The lowest BCUT2D eigenvalue weighted by molar-refractivity contribution is -0.137. The van der Waals surface area contributed by atoms with E-state index >= 15 is 8.78 Å². The van der Waals surface area contributed by atoms with Gasteiger partial charge in [-0.2, -0.15) is 5.26 Å². The van der Waals surface area contributed by atoms with Gasteiger partial charge in [0.15, 0.2) is 17.4 Å². The molecule has 1 saturated carbocycles. The van der Waals surface area contributed by atoms with Gasteiger partial charge >= 0.3 is 0 Å². The maximum absolute atomic E-state index is 17.4. The Bertz CT molecular complexity index is 2630. The SMILES string of the molecule is COc1ccc(CO[C@H](C)c2nc3c(F)c(-c4cccc(Cl)c4Cl)c(CCC#N)cc3c3[nH]c([C@H]4C[C@H](Oc5cc(OC)ncc5F)[C@@H](CO)N4C(=O)C4CC4)cc23)cc1. The van der Waals surface area contributed by atoms with Crippen LogP contribution in [0, 0.1) is 28.9 Å². The molecule has 4 atom stereocenters. The van der Waals surface area contributed by atoms with Crippen LogP contribution >= 0.6 is 23.2 Å². The van der Waals surface area contributed by atoms with Crippen LogP contribution in [0.5, 0.6) is 17.4 Å². The normalized spacial score (nSPS) is 18.2. The van der Waals surface area contributed by atoms with Gasteiger partial charge in [0, 0.05) is 52.4 Å². The number of halogens is 4. The summed E-state index contributed by atoms with van der Waals surface area (Å²) in [5, 5.41) is 21.9. The Morgan fingerprint density at radius 1 is 1.08 bits per heavy atom. The predicted octanol–water partition coefficient (Wildman–Crippen LogP) is 9.61. The smallest absolute Gasteiger partial charge is 0.226 e. The van der Waals surface area contributed by atoms with E-state index in [4.69, 9.17) is 47.1 Å². The highest BCUT2D eigenvalue weighted by atomic mass is 35.5. The summed E-state index contributed by atoms with van der Waals surface area (Å²) in [6.07, 6.45) is 1.41. The zero-order valence-corrected chi connectivity index (χ0v) is 34.5. The molecule has 1 amide bonds. The van der Waals surface area contributed by atoms with E-state index in [2.05, 4.69) is 16.0 Å². The third-order valence-electron chi connectivity index (χ3n) is 11.3. The first-order valence-electron chi connectivity index (χ1n) is 19.6. The number of carbonyl (C=O) groups is 1. The van der Waals surface area contributed by atoms with Gasteiger partial charge in [-0.15, -0.1) is 0 Å². The van der Waals surface area contributed by atoms with E-state index in [1.807, 2.05) is 43.3 Å². The summed E-state index contributed by atoms with van der Waals surface area (Å²) < 4.78 is 55.6. The van der Waals surface area contributed by atoms with Crippen molar-refractivity contribution >= 4 is 50.9 Å². The van der Waals surface area contributed by atoms with E-state index in [1.54, 1.807) is 30.2 Å². The lowest BCUT2D eigenvalue weighted by Gasteiger charge is -2.30. The molecule has 310 valence electrons. The Labute approximate surface area is 354 Å². The monoisotopic (exact) mass is 855 g/mol. The van der Waals surface area contributed by atoms with Crippen molar-refractivity contribution in [3.8, 4) is 34.6 Å². The maximum atomic E-state index is 17.4. The number of aromatic nitrogens is 3. The summed E-state index contributed by atoms with van der Waals surface area (Å²) in [5.74, 6) is -1.03. The number of benzene rings is 3. The number of aliphatic hydroxyl groups is 1. The highest BCUT2D eigenvalue weighted by Crippen LogP contribution is 2.46. The fourth-order valence-corrected chi connectivity index (χ4v) is 8.48. The van der Waals surface area contributed by atoms with Crippen LogP contribution in [0.25, 0.3) is 32.9 Å². The quantitative estimate of drug-likeness (QED) is 0.110. The molecule has 11 nitrogen and oxygen atoms in total. The Hall–Kier alpha value is -5.52. The van der Waals surface area contributed by atoms with Gasteiger partial charge in [-0.05, 0) is 67.6 Å². The van der Waals surface area contributed by atoms with E-state index in [0.717, 1.165) is 11.8 Å². The largest absolute Gasteiger partial charge is 0.497 e. The molecule has 8 rings (SSSR count). The van der Waals surface area contributed by atoms with Crippen LogP contribution in [0.15, 0.2) is 66.9 Å². The number of methoxy groups -OCH3 is 2. The van der Waals surface area contributed by atoms with Crippen molar-refractivity contribution in [1.82, 2.24) is 19.9 Å². The number of amides is 1. The van der Waals surface area contributed by atoms with Gasteiger partial charge in [-0.25, -0.2) is 18.7 Å². The minimum absolute atomic E-state index is 0.0337. The number of hydrogen-bond donors (Lipinski definition) is 2. The van der Waals surface area contributed by atoms with Crippen molar-refractivity contribution in [2.75, 3.05) is 20.8 Å². The second-order valence-corrected chi connectivity index (χ2v) is 15.8. The molecule has 1 saturated heterocycles. The fourth-order valence-electron chi connectivity index (χ4n) is 8.09. The van der Waals surface area contributed by atoms with Crippen LogP contribution in [0.4, 0.5) is 8.78 Å². The minimum atomic E-state index is -0.825. The highest BCUT2D eigenvalue weighted by molar-refractivity contribution is 6.43. The molecule has 0 radical (unpaired) electrons. The third-order valence-corrected chi connectivity index (χ3v) is 12.1. The minimum Gasteiger partial charge on any atom is -0.497 e. The van der Waals surface area contributed by atoms with Crippen molar-refractivity contribution in [1.29, 1.82) is 5.26 Å². The predicted molar refractivity (Wildman–Crippen MR) is 222 cm³/mol. The van der Waals surface area contributed by atoms with Gasteiger partial charge in [0.25, 0.3) is 0 Å². The number of carbonyl (C=O) groups excluding carboxylic acids is 1. The fraction of sp³-hybridized carbons (Fsp3) is 0.333. The Kier molecular flexibility index (Phi) is 11.8. The topological polar surface area (TPSA) is 143 Å². The molecule has 0 bridgehead atoms. The van der Waals surface area contributed by atoms with Gasteiger partial charge in [0.05, 0.1) is 79.1 Å². The number of rotatable bonds is 14. The molecule has 2 N–H and O–H groups in total. The summed E-state index contributed by atoms with van der Waals surface area (Å²) >= 11 is 13.1. The summed E-state index contributed by atoms with van der Waals surface area (Å²) in [6.45, 7) is 1.60. The van der Waals surface area contributed by atoms with Gasteiger partial charge in [-0.3, -0.25) is 4.79 Å². The number of pyridine rings is 2. The highest BCUT2D eigenvalue weighted by Gasteiger charge is 2.49. The zero-order valence-electron chi connectivity index (χ0n) is 33.0. The van der Waals surface area contributed by atoms with E-state index in [1.165, 1.54) is 13.2 Å². The van der Waals surface area contributed by atoms with Crippen molar-refractivity contribution in [3.05, 3.63) is 111 Å². The number of hydrogen-bond acceptors (Lipinski definition) is 9. The van der Waals surface area contributed by atoms with Crippen LogP contribution in [0.1, 0.15) is 67.3 Å². The summed E-state index contributed by atoms with van der Waals surface area (Å²) in [4.78, 5) is 28.2. The van der Waals surface area contributed by atoms with Crippen LogP contribution in [-0.4, -0.2) is 63.8 Å². The number of fused-ring (bicyclic) bond motifs is 3. The molecule has 4 heterocycles. The third kappa shape index (κ3) is 7.81. The standard InChI is InChI=1S/C45H41Cl2F2N5O6/c1-23(59-22-24-9-13-27(57-2)14-10-24)42-30-17-33(34-18-37(35(21-55)54(34)45(56)25-11-12-25)60-36-19-38(58-3)51-20-32(36)48)52-43(30)29-16-26(6-5-15-50)39(41(49)44(29)53-42)28-7-4-8-31(46)40(28)47/h4,7-10,13-14,16-17,19-20,23,25,34-35,37,52,55H,5-6,11-12,18,21-22H2,1-3H3/t23-,34-,35-,37+/m1/s1. The Balaban J connectivity index is 1.29. The van der Waals surface area contributed by atoms with Crippen LogP contribution in [-0.2, 0) is 22.6 Å². The number of aliphatic hydroxyl groups excluding tert-OH is 1. The first kappa shape index (κ1) is 41.2. The molecule has 3 aromatic carbocycles. The number of H-pyrrole nitrogens is 1. The van der Waals surface area contributed by atoms with Crippen molar-refractivity contribution in [3.63, 3.8) is 0 Å². The molecule has 0 spiro atoms. The Morgan fingerprint density at radius 2 is 1.87 bits per heavy atom. The number of aromatic amines is 1. The van der Waals surface area contributed by atoms with Crippen LogP contribution < -0.4 is 14.2 Å².